The van der Waals surface area contributed by atoms with Gasteiger partial charge in [0.05, 0.1) is 17.7 Å². The standard InChI is InChI=1S/C16H12N2OS/c17-11-10-15(12-6-2-1-3-7-12)20-16-18-13-8-4-5-9-14(13)19-16/h1-9,15H,10H2. The fraction of sp³-hybridized carbons (Fsp3) is 0.125. The van der Waals surface area contributed by atoms with Crippen molar-refractivity contribution in [3.05, 3.63) is 60.2 Å². The molecular formula is C16H12N2OS. The number of oxazole rings is 1. The average molecular weight is 280 g/mol. The van der Waals surface area contributed by atoms with Gasteiger partial charge in [-0.15, -0.1) is 0 Å². The van der Waals surface area contributed by atoms with E-state index in [1.165, 1.54) is 11.8 Å². The lowest BCUT2D eigenvalue weighted by Crippen LogP contribution is -1.92. The zero-order valence-electron chi connectivity index (χ0n) is 10.7. The van der Waals surface area contributed by atoms with Crippen LogP contribution in [0.4, 0.5) is 0 Å². The summed E-state index contributed by atoms with van der Waals surface area (Å²) in [6.45, 7) is 0. The van der Waals surface area contributed by atoms with Gasteiger partial charge in [0.1, 0.15) is 5.52 Å². The van der Waals surface area contributed by atoms with Gasteiger partial charge in [-0.2, -0.15) is 5.26 Å². The van der Waals surface area contributed by atoms with Crippen LogP contribution in [-0.4, -0.2) is 4.98 Å². The Morgan fingerprint density at radius 2 is 1.85 bits per heavy atom. The third-order valence-electron chi connectivity index (χ3n) is 2.97. The summed E-state index contributed by atoms with van der Waals surface area (Å²) >= 11 is 1.49. The monoisotopic (exact) mass is 280 g/mol. The molecule has 0 radical (unpaired) electrons. The van der Waals surface area contributed by atoms with Gasteiger partial charge in [0.25, 0.3) is 5.22 Å². The highest BCUT2D eigenvalue weighted by molar-refractivity contribution is 7.99. The Kier molecular flexibility index (Phi) is 3.71. The van der Waals surface area contributed by atoms with Gasteiger partial charge >= 0.3 is 0 Å². The molecule has 2 aromatic carbocycles. The molecule has 1 atom stereocenters. The van der Waals surface area contributed by atoms with Gasteiger partial charge in [-0.3, -0.25) is 0 Å². The van der Waals surface area contributed by atoms with E-state index in [9.17, 15) is 0 Å². The van der Waals surface area contributed by atoms with Crippen molar-refractivity contribution < 1.29 is 4.42 Å². The van der Waals surface area contributed by atoms with E-state index in [1.807, 2.05) is 54.6 Å². The number of nitrogens with zero attached hydrogens (tertiary/aromatic N) is 2. The van der Waals surface area contributed by atoms with Crippen molar-refractivity contribution in [2.75, 3.05) is 0 Å². The van der Waals surface area contributed by atoms with Crippen molar-refractivity contribution in [1.82, 2.24) is 4.98 Å². The van der Waals surface area contributed by atoms with Crippen LogP contribution >= 0.6 is 11.8 Å². The first kappa shape index (κ1) is 12.8. The minimum absolute atomic E-state index is 0.0364. The van der Waals surface area contributed by atoms with Crippen LogP contribution in [0.25, 0.3) is 11.1 Å². The summed E-state index contributed by atoms with van der Waals surface area (Å²) in [6, 6.07) is 19.9. The molecule has 0 aliphatic carbocycles. The van der Waals surface area contributed by atoms with Crippen LogP contribution in [0.5, 0.6) is 0 Å². The Labute approximate surface area is 121 Å². The normalized spacial score (nSPS) is 12.2. The first-order valence-electron chi connectivity index (χ1n) is 6.31. The van der Waals surface area contributed by atoms with E-state index >= 15 is 0 Å². The summed E-state index contributed by atoms with van der Waals surface area (Å²) in [5, 5.41) is 9.64. The molecule has 3 aromatic rings. The van der Waals surface area contributed by atoms with E-state index in [2.05, 4.69) is 11.1 Å². The summed E-state index contributed by atoms with van der Waals surface area (Å²) in [6.07, 6.45) is 0.424. The average Bonchev–Trinajstić information content (AvgIpc) is 2.90. The molecule has 0 fully saturated rings. The number of nitriles is 1. The maximum Gasteiger partial charge on any atom is 0.257 e. The lowest BCUT2D eigenvalue weighted by molar-refractivity contribution is 0.488. The molecule has 0 bridgehead atoms. The Balaban J connectivity index is 1.88. The van der Waals surface area contributed by atoms with Gasteiger partial charge in [0, 0.05) is 0 Å². The molecule has 0 saturated carbocycles. The van der Waals surface area contributed by atoms with Crippen molar-refractivity contribution in [3.8, 4) is 6.07 Å². The molecule has 4 heteroatoms. The molecule has 1 unspecified atom stereocenters. The van der Waals surface area contributed by atoms with Crippen molar-refractivity contribution in [1.29, 1.82) is 5.26 Å². The van der Waals surface area contributed by atoms with Crippen LogP contribution < -0.4 is 0 Å². The highest BCUT2D eigenvalue weighted by Gasteiger charge is 2.16. The zero-order valence-corrected chi connectivity index (χ0v) is 11.5. The van der Waals surface area contributed by atoms with E-state index in [0.29, 0.717) is 11.6 Å². The molecule has 3 rings (SSSR count). The van der Waals surface area contributed by atoms with Crippen molar-refractivity contribution in [2.45, 2.75) is 16.9 Å². The second kappa shape index (κ2) is 5.81. The van der Waals surface area contributed by atoms with Crippen molar-refractivity contribution in [2.24, 2.45) is 0 Å². The van der Waals surface area contributed by atoms with Crippen LogP contribution in [0.3, 0.4) is 0 Å². The maximum absolute atomic E-state index is 9.00. The third-order valence-corrected chi connectivity index (χ3v) is 4.06. The van der Waals surface area contributed by atoms with Gasteiger partial charge in [-0.05, 0) is 17.7 Å². The molecule has 1 heterocycles. The summed E-state index contributed by atoms with van der Waals surface area (Å²) in [7, 11) is 0. The van der Waals surface area contributed by atoms with E-state index in [4.69, 9.17) is 9.68 Å². The van der Waals surface area contributed by atoms with Crippen LogP contribution in [0, 0.1) is 11.3 Å². The quantitative estimate of drug-likeness (QED) is 0.657. The number of hydrogen-bond acceptors (Lipinski definition) is 4. The highest BCUT2D eigenvalue weighted by atomic mass is 32.2. The molecule has 1 aromatic heterocycles. The molecule has 98 valence electrons. The first-order valence-corrected chi connectivity index (χ1v) is 7.19. The number of hydrogen-bond donors (Lipinski definition) is 0. The molecular weight excluding hydrogens is 268 g/mol. The SMILES string of the molecule is N#CCC(Sc1nc2ccccc2o1)c1ccccc1. The number of rotatable bonds is 4. The Morgan fingerprint density at radius 3 is 2.60 bits per heavy atom. The summed E-state index contributed by atoms with van der Waals surface area (Å²) in [4.78, 5) is 4.45. The van der Waals surface area contributed by atoms with Crippen molar-refractivity contribution >= 4 is 22.9 Å². The number of aromatic nitrogens is 1. The van der Waals surface area contributed by atoms with Crippen LogP contribution in [0.1, 0.15) is 17.2 Å². The lowest BCUT2D eigenvalue weighted by atomic mass is 10.1. The number of fused-ring (bicyclic) bond motifs is 1. The fourth-order valence-electron chi connectivity index (χ4n) is 2.00. The Bertz CT molecular complexity index is 713. The predicted molar refractivity (Wildman–Crippen MR) is 79.3 cm³/mol. The zero-order chi connectivity index (χ0) is 13.8. The van der Waals surface area contributed by atoms with Gasteiger partial charge < -0.3 is 4.42 Å². The summed E-state index contributed by atoms with van der Waals surface area (Å²) < 4.78 is 5.71. The highest BCUT2D eigenvalue weighted by Crippen LogP contribution is 2.38. The first-order chi connectivity index (χ1) is 9.86. The molecule has 0 aliphatic heterocycles. The summed E-state index contributed by atoms with van der Waals surface area (Å²) in [5.41, 5.74) is 2.74. The minimum atomic E-state index is 0.0364. The number of para-hydroxylation sites is 2. The van der Waals surface area contributed by atoms with E-state index in [0.717, 1.165) is 16.7 Å². The van der Waals surface area contributed by atoms with Crippen LogP contribution in [0.15, 0.2) is 64.2 Å². The molecule has 0 aliphatic rings. The van der Waals surface area contributed by atoms with Crippen molar-refractivity contribution in [3.63, 3.8) is 0 Å². The molecule has 3 nitrogen and oxygen atoms in total. The number of benzene rings is 2. The largest absolute Gasteiger partial charge is 0.431 e. The fourth-order valence-corrected chi connectivity index (χ4v) is 2.98. The summed E-state index contributed by atoms with van der Waals surface area (Å²) in [5.74, 6) is 0. The molecule has 20 heavy (non-hydrogen) atoms. The number of thioether (sulfide) groups is 1. The predicted octanol–water partition coefficient (Wildman–Crippen LogP) is 4.57. The molecule has 0 N–H and O–H groups in total. The Morgan fingerprint density at radius 1 is 1.10 bits per heavy atom. The minimum Gasteiger partial charge on any atom is -0.431 e. The topological polar surface area (TPSA) is 49.8 Å². The molecule has 0 amide bonds. The third kappa shape index (κ3) is 2.68. The van der Waals surface area contributed by atoms with Gasteiger partial charge in [-0.25, -0.2) is 4.98 Å². The van der Waals surface area contributed by atoms with E-state index < -0.39 is 0 Å². The maximum atomic E-state index is 9.00. The lowest BCUT2D eigenvalue weighted by Gasteiger charge is -2.10. The molecule has 0 saturated heterocycles. The van der Waals surface area contributed by atoms with Gasteiger partial charge in [0.2, 0.25) is 0 Å². The second-order valence-electron chi connectivity index (χ2n) is 4.33. The van der Waals surface area contributed by atoms with Crippen LogP contribution in [-0.2, 0) is 0 Å². The smallest absolute Gasteiger partial charge is 0.257 e. The Hall–Kier alpha value is -2.25. The van der Waals surface area contributed by atoms with Gasteiger partial charge in [0.15, 0.2) is 5.58 Å². The molecule has 0 spiro atoms. The van der Waals surface area contributed by atoms with Crippen LogP contribution in [0.2, 0.25) is 0 Å². The second-order valence-corrected chi connectivity index (χ2v) is 5.48. The van der Waals surface area contributed by atoms with E-state index in [-0.39, 0.29) is 5.25 Å². The van der Waals surface area contributed by atoms with E-state index in [1.54, 1.807) is 0 Å². The van der Waals surface area contributed by atoms with Gasteiger partial charge in [-0.1, -0.05) is 54.2 Å².